The molecular formula is C13H19N3O. The Labute approximate surface area is 101 Å². The van der Waals surface area contributed by atoms with Crippen LogP contribution in [0.4, 0.5) is 11.4 Å². The number of hydrogen-bond donors (Lipinski definition) is 3. The van der Waals surface area contributed by atoms with Gasteiger partial charge in [0.2, 0.25) is 0 Å². The Bertz CT molecular complexity index is 411. The zero-order valence-corrected chi connectivity index (χ0v) is 9.91. The van der Waals surface area contributed by atoms with E-state index < -0.39 is 5.91 Å². The Balaban J connectivity index is 2.10. The summed E-state index contributed by atoms with van der Waals surface area (Å²) in [4.78, 5) is 11.3. The van der Waals surface area contributed by atoms with E-state index >= 15 is 0 Å². The molecule has 1 fully saturated rings. The first-order valence-corrected chi connectivity index (χ1v) is 6.10. The van der Waals surface area contributed by atoms with Gasteiger partial charge in [-0.2, -0.15) is 0 Å². The average molecular weight is 233 g/mol. The van der Waals surface area contributed by atoms with Crippen LogP contribution in [0.2, 0.25) is 0 Å². The fourth-order valence-electron chi connectivity index (χ4n) is 2.43. The maximum atomic E-state index is 11.3. The summed E-state index contributed by atoms with van der Waals surface area (Å²) >= 11 is 0. The summed E-state index contributed by atoms with van der Waals surface area (Å²) in [6, 6.07) is 5.23. The van der Waals surface area contributed by atoms with Gasteiger partial charge in [0.1, 0.15) is 0 Å². The molecule has 1 amide bonds. The van der Waals surface area contributed by atoms with Gasteiger partial charge in [0, 0.05) is 6.54 Å². The lowest BCUT2D eigenvalue weighted by atomic mass is 10.1. The van der Waals surface area contributed by atoms with Crippen LogP contribution in [0.1, 0.15) is 36.0 Å². The molecule has 0 unspecified atom stereocenters. The maximum absolute atomic E-state index is 11.3. The van der Waals surface area contributed by atoms with Crippen LogP contribution >= 0.6 is 0 Å². The molecule has 1 aromatic rings. The Morgan fingerprint density at radius 2 is 2.06 bits per heavy atom. The molecule has 1 aliphatic carbocycles. The normalized spacial score (nSPS) is 16.0. The highest BCUT2D eigenvalue weighted by Gasteiger charge is 2.16. The van der Waals surface area contributed by atoms with E-state index in [1.807, 2.05) is 0 Å². The van der Waals surface area contributed by atoms with Gasteiger partial charge in [-0.05, 0) is 30.9 Å². The second-order valence-electron chi connectivity index (χ2n) is 4.67. The molecule has 0 aliphatic heterocycles. The van der Waals surface area contributed by atoms with Crippen molar-refractivity contribution in [3.8, 4) is 0 Å². The SMILES string of the molecule is NC(=O)c1cccc(N)c1NCC1CCCC1. The monoisotopic (exact) mass is 233 g/mol. The molecule has 17 heavy (non-hydrogen) atoms. The maximum Gasteiger partial charge on any atom is 0.250 e. The zero-order valence-electron chi connectivity index (χ0n) is 9.91. The molecule has 0 bridgehead atoms. The number of carbonyl (C=O) groups is 1. The van der Waals surface area contributed by atoms with Crippen LogP contribution in [-0.2, 0) is 0 Å². The second kappa shape index (κ2) is 5.08. The quantitative estimate of drug-likeness (QED) is 0.695. The zero-order chi connectivity index (χ0) is 12.3. The van der Waals surface area contributed by atoms with E-state index in [9.17, 15) is 4.79 Å². The summed E-state index contributed by atoms with van der Waals surface area (Å²) in [6.07, 6.45) is 5.12. The van der Waals surface area contributed by atoms with Gasteiger partial charge in [-0.1, -0.05) is 18.9 Å². The van der Waals surface area contributed by atoms with Crippen molar-refractivity contribution >= 4 is 17.3 Å². The number of rotatable bonds is 4. The molecule has 4 heteroatoms. The summed E-state index contributed by atoms with van der Waals surface area (Å²) in [5.74, 6) is 0.251. The Morgan fingerprint density at radius 3 is 2.71 bits per heavy atom. The van der Waals surface area contributed by atoms with Crippen LogP contribution in [0.15, 0.2) is 18.2 Å². The van der Waals surface area contributed by atoms with E-state index in [2.05, 4.69) is 5.32 Å². The highest BCUT2D eigenvalue weighted by molar-refractivity contribution is 6.01. The van der Waals surface area contributed by atoms with E-state index in [1.54, 1.807) is 18.2 Å². The fraction of sp³-hybridized carbons (Fsp3) is 0.462. The molecule has 4 nitrogen and oxygen atoms in total. The third-order valence-electron chi connectivity index (χ3n) is 3.40. The standard InChI is InChI=1S/C13H19N3O/c14-11-7-3-6-10(13(15)17)12(11)16-8-9-4-1-2-5-9/h3,6-7,9,16H,1-2,4-5,8,14H2,(H2,15,17). The number of primary amides is 1. The first kappa shape index (κ1) is 11.8. The van der Waals surface area contributed by atoms with Gasteiger partial charge >= 0.3 is 0 Å². The molecule has 0 atom stereocenters. The number of anilines is 2. The fourth-order valence-corrected chi connectivity index (χ4v) is 2.43. The largest absolute Gasteiger partial charge is 0.397 e. The van der Waals surface area contributed by atoms with Crippen LogP contribution < -0.4 is 16.8 Å². The predicted octanol–water partition coefficient (Wildman–Crippen LogP) is 1.97. The summed E-state index contributed by atoms with van der Waals surface area (Å²) in [5, 5.41) is 3.28. The summed E-state index contributed by atoms with van der Waals surface area (Å²) in [7, 11) is 0. The molecule has 0 radical (unpaired) electrons. The number of nitrogens with two attached hydrogens (primary N) is 2. The van der Waals surface area contributed by atoms with Crippen molar-refractivity contribution in [1.29, 1.82) is 0 Å². The third-order valence-corrected chi connectivity index (χ3v) is 3.40. The van der Waals surface area contributed by atoms with Gasteiger partial charge in [0.25, 0.3) is 5.91 Å². The lowest BCUT2D eigenvalue weighted by Gasteiger charge is -2.15. The predicted molar refractivity (Wildman–Crippen MR) is 69.8 cm³/mol. The van der Waals surface area contributed by atoms with Crippen LogP contribution in [0.25, 0.3) is 0 Å². The van der Waals surface area contributed by atoms with E-state index in [0.717, 1.165) is 6.54 Å². The third kappa shape index (κ3) is 2.70. The molecule has 1 aliphatic rings. The van der Waals surface area contributed by atoms with Gasteiger partial charge in [-0.15, -0.1) is 0 Å². The Morgan fingerprint density at radius 1 is 1.35 bits per heavy atom. The van der Waals surface area contributed by atoms with Gasteiger partial charge in [-0.3, -0.25) is 4.79 Å². The molecule has 2 rings (SSSR count). The lowest BCUT2D eigenvalue weighted by Crippen LogP contribution is -2.18. The number of benzene rings is 1. The number of para-hydroxylation sites is 1. The minimum atomic E-state index is -0.439. The molecule has 0 saturated heterocycles. The van der Waals surface area contributed by atoms with Crippen molar-refractivity contribution in [2.24, 2.45) is 11.7 Å². The smallest absolute Gasteiger partial charge is 0.250 e. The number of nitrogen functional groups attached to an aromatic ring is 1. The van der Waals surface area contributed by atoms with Crippen LogP contribution in [0.3, 0.4) is 0 Å². The number of carbonyl (C=O) groups excluding carboxylic acids is 1. The molecule has 1 aromatic carbocycles. The minimum absolute atomic E-state index is 0.439. The van der Waals surface area contributed by atoms with Crippen molar-refractivity contribution in [3.63, 3.8) is 0 Å². The lowest BCUT2D eigenvalue weighted by molar-refractivity contribution is 0.100. The molecule has 0 heterocycles. The highest BCUT2D eigenvalue weighted by atomic mass is 16.1. The summed E-state index contributed by atoms with van der Waals surface area (Å²) in [5.41, 5.74) is 13.0. The number of hydrogen-bond acceptors (Lipinski definition) is 3. The molecule has 5 N–H and O–H groups in total. The van der Waals surface area contributed by atoms with E-state index in [1.165, 1.54) is 25.7 Å². The van der Waals surface area contributed by atoms with E-state index in [4.69, 9.17) is 11.5 Å². The molecular weight excluding hydrogens is 214 g/mol. The number of nitrogens with one attached hydrogen (secondary N) is 1. The first-order valence-electron chi connectivity index (χ1n) is 6.10. The van der Waals surface area contributed by atoms with Crippen LogP contribution in [0, 0.1) is 5.92 Å². The first-order chi connectivity index (χ1) is 8.18. The topological polar surface area (TPSA) is 81.1 Å². The number of amides is 1. The van der Waals surface area contributed by atoms with Crippen molar-refractivity contribution in [2.45, 2.75) is 25.7 Å². The van der Waals surface area contributed by atoms with E-state index in [0.29, 0.717) is 22.9 Å². The molecule has 0 aromatic heterocycles. The van der Waals surface area contributed by atoms with E-state index in [-0.39, 0.29) is 0 Å². The van der Waals surface area contributed by atoms with Crippen molar-refractivity contribution in [1.82, 2.24) is 0 Å². The van der Waals surface area contributed by atoms with Crippen molar-refractivity contribution in [2.75, 3.05) is 17.6 Å². The van der Waals surface area contributed by atoms with Crippen LogP contribution in [-0.4, -0.2) is 12.5 Å². The Hall–Kier alpha value is -1.71. The van der Waals surface area contributed by atoms with Gasteiger partial charge in [-0.25, -0.2) is 0 Å². The second-order valence-corrected chi connectivity index (χ2v) is 4.67. The Kier molecular flexibility index (Phi) is 3.52. The van der Waals surface area contributed by atoms with Crippen molar-refractivity contribution < 1.29 is 4.79 Å². The molecule has 0 spiro atoms. The van der Waals surface area contributed by atoms with Crippen LogP contribution in [0.5, 0.6) is 0 Å². The summed E-state index contributed by atoms with van der Waals surface area (Å²) in [6.45, 7) is 0.870. The van der Waals surface area contributed by atoms with Crippen molar-refractivity contribution in [3.05, 3.63) is 23.8 Å². The molecule has 1 saturated carbocycles. The average Bonchev–Trinajstić information content (AvgIpc) is 2.80. The van der Waals surface area contributed by atoms with Gasteiger partial charge < -0.3 is 16.8 Å². The van der Waals surface area contributed by atoms with Gasteiger partial charge in [0.05, 0.1) is 16.9 Å². The van der Waals surface area contributed by atoms with Gasteiger partial charge in [0.15, 0.2) is 0 Å². The highest BCUT2D eigenvalue weighted by Crippen LogP contribution is 2.28. The minimum Gasteiger partial charge on any atom is -0.397 e. The molecule has 92 valence electrons. The summed E-state index contributed by atoms with van der Waals surface area (Å²) < 4.78 is 0.